The Labute approximate surface area is 126 Å². The third-order valence-electron chi connectivity index (χ3n) is 4.16. The Morgan fingerprint density at radius 2 is 2.19 bits per heavy atom. The Morgan fingerprint density at radius 3 is 3.00 bits per heavy atom. The van der Waals surface area contributed by atoms with Crippen molar-refractivity contribution < 1.29 is 0 Å². The summed E-state index contributed by atoms with van der Waals surface area (Å²) in [5.41, 5.74) is 4.80. The topological polar surface area (TPSA) is 50.7 Å². The summed E-state index contributed by atoms with van der Waals surface area (Å²) in [5, 5.41) is 3.53. The first-order chi connectivity index (χ1) is 10.3. The minimum atomic E-state index is 0.413. The van der Waals surface area contributed by atoms with Crippen LogP contribution >= 0.6 is 0 Å². The molecule has 1 aliphatic rings. The number of pyridine rings is 1. The van der Waals surface area contributed by atoms with Crippen LogP contribution in [0.2, 0.25) is 0 Å². The van der Waals surface area contributed by atoms with Crippen LogP contribution in [0.5, 0.6) is 0 Å². The zero-order valence-electron chi connectivity index (χ0n) is 12.8. The van der Waals surface area contributed by atoms with Crippen molar-refractivity contribution in [1.29, 1.82) is 0 Å². The molecule has 0 fully saturated rings. The molecule has 4 nitrogen and oxygen atoms in total. The van der Waals surface area contributed by atoms with Gasteiger partial charge in [-0.1, -0.05) is 13.8 Å². The molecule has 2 aromatic rings. The molecule has 4 heteroatoms. The van der Waals surface area contributed by atoms with Crippen molar-refractivity contribution in [2.45, 2.75) is 45.6 Å². The molecule has 1 aliphatic carbocycles. The van der Waals surface area contributed by atoms with Gasteiger partial charge in [-0.2, -0.15) is 0 Å². The SMILES string of the molecule is CCNC1CCCc2nc(-c3ccncc3CC)ncc21. The lowest BCUT2D eigenvalue weighted by Gasteiger charge is -2.25. The van der Waals surface area contributed by atoms with E-state index in [0.717, 1.165) is 30.8 Å². The first-order valence-corrected chi connectivity index (χ1v) is 7.86. The van der Waals surface area contributed by atoms with Crippen LogP contribution in [0.15, 0.2) is 24.7 Å². The molecule has 2 aromatic heterocycles. The van der Waals surface area contributed by atoms with Crippen LogP contribution in [0.3, 0.4) is 0 Å². The highest BCUT2D eigenvalue weighted by atomic mass is 14.9. The summed E-state index contributed by atoms with van der Waals surface area (Å²) in [6, 6.07) is 2.43. The number of aromatic nitrogens is 3. The molecule has 0 saturated heterocycles. The van der Waals surface area contributed by atoms with Crippen LogP contribution in [0.4, 0.5) is 0 Å². The van der Waals surface area contributed by atoms with Crippen molar-refractivity contribution in [3.05, 3.63) is 41.5 Å². The Balaban J connectivity index is 1.99. The van der Waals surface area contributed by atoms with Crippen molar-refractivity contribution in [1.82, 2.24) is 20.3 Å². The van der Waals surface area contributed by atoms with Gasteiger partial charge >= 0.3 is 0 Å². The van der Waals surface area contributed by atoms with Crippen LogP contribution in [0.1, 0.15) is 49.6 Å². The van der Waals surface area contributed by atoms with Gasteiger partial charge in [0, 0.05) is 41.5 Å². The number of hydrogen-bond acceptors (Lipinski definition) is 4. The van der Waals surface area contributed by atoms with Crippen LogP contribution in [0, 0.1) is 0 Å². The Hall–Kier alpha value is -1.81. The molecule has 21 heavy (non-hydrogen) atoms. The molecular formula is C17H22N4. The second-order valence-electron chi connectivity index (χ2n) is 5.48. The average Bonchev–Trinajstić information content (AvgIpc) is 2.55. The van der Waals surface area contributed by atoms with E-state index < -0.39 is 0 Å². The van der Waals surface area contributed by atoms with E-state index in [-0.39, 0.29) is 0 Å². The van der Waals surface area contributed by atoms with Crippen LogP contribution in [0.25, 0.3) is 11.4 Å². The van der Waals surface area contributed by atoms with Crippen molar-refractivity contribution in [2.75, 3.05) is 6.54 Å². The van der Waals surface area contributed by atoms with Gasteiger partial charge in [0.1, 0.15) is 0 Å². The maximum absolute atomic E-state index is 4.85. The van der Waals surface area contributed by atoms with Gasteiger partial charge in [-0.3, -0.25) is 4.98 Å². The van der Waals surface area contributed by atoms with E-state index >= 15 is 0 Å². The summed E-state index contributed by atoms with van der Waals surface area (Å²) in [6.07, 6.45) is 10.1. The molecule has 1 atom stereocenters. The molecule has 0 aliphatic heterocycles. The van der Waals surface area contributed by atoms with E-state index in [1.807, 2.05) is 24.7 Å². The molecule has 0 aromatic carbocycles. The van der Waals surface area contributed by atoms with Gasteiger partial charge in [0.2, 0.25) is 0 Å². The zero-order chi connectivity index (χ0) is 14.7. The highest BCUT2D eigenvalue weighted by Crippen LogP contribution is 2.30. The van der Waals surface area contributed by atoms with E-state index in [1.54, 1.807) is 0 Å². The van der Waals surface area contributed by atoms with Gasteiger partial charge in [-0.05, 0) is 43.9 Å². The molecule has 0 amide bonds. The molecule has 1 N–H and O–H groups in total. The monoisotopic (exact) mass is 282 g/mol. The lowest BCUT2D eigenvalue weighted by atomic mass is 9.92. The third kappa shape index (κ3) is 2.81. The summed E-state index contributed by atoms with van der Waals surface area (Å²) in [5.74, 6) is 0.838. The summed E-state index contributed by atoms with van der Waals surface area (Å²) < 4.78 is 0. The molecule has 3 rings (SSSR count). The van der Waals surface area contributed by atoms with Crippen molar-refractivity contribution in [2.24, 2.45) is 0 Å². The highest BCUT2D eigenvalue weighted by Gasteiger charge is 2.22. The van der Waals surface area contributed by atoms with Crippen molar-refractivity contribution in [3.63, 3.8) is 0 Å². The minimum absolute atomic E-state index is 0.413. The lowest BCUT2D eigenvalue weighted by Crippen LogP contribution is -2.26. The molecule has 0 saturated carbocycles. The summed E-state index contributed by atoms with van der Waals surface area (Å²) in [7, 11) is 0. The van der Waals surface area contributed by atoms with E-state index in [4.69, 9.17) is 4.98 Å². The van der Waals surface area contributed by atoms with E-state index in [0.29, 0.717) is 6.04 Å². The highest BCUT2D eigenvalue weighted by molar-refractivity contribution is 5.59. The number of aryl methyl sites for hydroxylation is 2. The fraction of sp³-hybridized carbons (Fsp3) is 0.471. The lowest BCUT2D eigenvalue weighted by molar-refractivity contribution is 0.464. The number of rotatable bonds is 4. The van der Waals surface area contributed by atoms with Crippen molar-refractivity contribution in [3.8, 4) is 11.4 Å². The number of hydrogen-bond donors (Lipinski definition) is 1. The van der Waals surface area contributed by atoms with Crippen molar-refractivity contribution >= 4 is 0 Å². The molecular weight excluding hydrogens is 260 g/mol. The standard InChI is InChI=1S/C17H22N4/c1-3-12-10-18-9-8-13(12)17-20-11-14-15(19-4-2)6-5-7-16(14)21-17/h8-11,15,19H,3-7H2,1-2H3. The smallest absolute Gasteiger partial charge is 0.159 e. The van der Waals surface area contributed by atoms with Gasteiger partial charge in [0.05, 0.1) is 0 Å². The van der Waals surface area contributed by atoms with Crippen LogP contribution < -0.4 is 5.32 Å². The first kappa shape index (κ1) is 14.1. The number of nitrogens with zero attached hydrogens (tertiary/aromatic N) is 3. The van der Waals surface area contributed by atoms with Gasteiger partial charge in [0.15, 0.2) is 5.82 Å². The fourth-order valence-corrected chi connectivity index (χ4v) is 3.06. The molecule has 0 spiro atoms. The normalized spacial score (nSPS) is 17.5. The minimum Gasteiger partial charge on any atom is -0.310 e. The second-order valence-corrected chi connectivity index (χ2v) is 5.48. The quantitative estimate of drug-likeness (QED) is 0.936. The molecule has 0 radical (unpaired) electrons. The third-order valence-corrected chi connectivity index (χ3v) is 4.16. The molecule has 110 valence electrons. The molecule has 2 heterocycles. The molecule has 0 bridgehead atoms. The average molecular weight is 282 g/mol. The first-order valence-electron chi connectivity index (χ1n) is 7.86. The summed E-state index contributed by atoms with van der Waals surface area (Å²) in [6.45, 7) is 5.27. The van der Waals surface area contributed by atoms with Crippen LogP contribution in [-0.2, 0) is 12.8 Å². The zero-order valence-corrected chi connectivity index (χ0v) is 12.8. The summed E-state index contributed by atoms with van der Waals surface area (Å²) >= 11 is 0. The largest absolute Gasteiger partial charge is 0.310 e. The van der Waals surface area contributed by atoms with E-state index in [1.165, 1.54) is 29.7 Å². The van der Waals surface area contributed by atoms with Gasteiger partial charge in [-0.25, -0.2) is 9.97 Å². The summed E-state index contributed by atoms with van der Waals surface area (Å²) in [4.78, 5) is 13.7. The maximum Gasteiger partial charge on any atom is 0.159 e. The number of nitrogens with one attached hydrogen (secondary N) is 1. The Bertz CT molecular complexity index is 624. The van der Waals surface area contributed by atoms with E-state index in [9.17, 15) is 0 Å². The maximum atomic E-state index is 4.85. The second kappa shape index (κ2) is 6.31. The van der Waals surface area contributed by atoms with E-state index in [2.05, 4.69) is 29.1 Å². The Morgan fingerprint density at radius 1 is 1.29 bits per heavy atom. The Kier molecular flexibility index (Phi) is 4.25. The fourth-order valence-electron chi connectivity index (χ4n) is 3.06. The van der Waals surface area contributed by atoms with Crippen LogP contribution in [-0.4, -0.2) is 21.5 Å². The van der Waals surface area contributed by atoms with Gasteiger partial charge in [0.25, 0.3) is 0 Å². The predicted molar refractivity (Wildman–Crippen MR) is 84.0 cm³/mol. The number of fused-ring (bicyclic) bond motifs is 1. The van der Waals surface area contributed by atoms with Gasteiger partial charge < -0.3 is 5.32 Å². The van der Waals surface area contributed by atoms with Gasteiger partial charge in [-0.15, -0.1) is 0 Å². The molecule has 1 unspecified atom stereocenters. The predicted octanol–water partition coefficient (Wildman–Crippen LogP) is 3.09.